The van der Waals surface area contributed by atoms with Gasteiger partial charge in [-0.1, -0.05) is 30.5 Å². The number of carbonyl (C=O) groups excluding carboxylic acids is 1. The first-order valence-electron chi connectivity index (χ1n) is 6.95. The first kappa shape index (κ1) is 15.1. The Balaban J connectivity index is 1.65. The lowest BCUT2D eigenvalue weighted by Gasteiger charge is -2.22. The van der Waals surface area contributed by atoms with E-state index in [2.05, 4.69) is 5.32 Å². The number of carbonyl (C=O) groups is 1. The lowest BCUT2D eigenvalue weighted by Crippen LogP contribution is -2.41. The number of aliphatic hydroxyl groups is 1. The van der Waals surface area contributed by atoms with Gasteiger partial charge in [0, 0.05) is 11.6 Å². The molecule has 1 aromatic rings. The van der Waals surface area contributed by atoms with Gasteiger partial charge in [-0.2, -0.15) is 0 Å². The molecule has 0 saturated heterocycles. The SMILES string of the molecule is O=C(CCOc1cccc(Cl)c1)NCC1(O)CCCC1. The third-order valence-electron chi connectivity index (χ3n) is 3.54. The normalized spacial score (nSPS) is 16.9. The van der Waals surface area contributed by atoms with Gasteiger partial charge in [-0.05, 0) is 31.0 Å². The molecule has 5 heteroatoms. The van der Waals surface area contributed by atoms with Gasteiger partial charge < -0.3 is 15.2 Å². The van der Waals surface area contributed by atoms with E-state index in [0.29, 0.717) is 23.9 Å². The van der Waals surface area contributed by atoms with Gasteiger partial charge in [0.1, 0.15) is 5.75 Å². The molecule has 4 nitrogen and oxygen atoms in total. The van der Waals surface area contributed by atoms with E-state index >= 15 is 0 Å². The smallest absolute Gasteiger partial charge is 0.223 e. The molecule has 1 fully saturated rings. The molecule has 1 aromatic carbocycles. The Kier molecular flexibility index (Phi) is 5.26. The highest BCUT2D eigenvalue weighted by Gasteiger charge is 2.31. The first-order valence-corrected chi connectivity index (χ1v) is 7.33. The van der Waals surface area contributed by atoms with Crippen LogP contribution in [0.5, 0.6) is 5.75 Å². The number of amides is 1. The molecule has 0 radical (unpaired) electrons. The van der Waals surface area contributed by atoms with Crippen LogP contribution in [0.4, 0.5) is 0 Å². The van der Waals surface area contributed by atoms with Crippen LogP contribution >= 0.6 is 11.6 Å². The molecule has 1 aliphatic carbocycles. The van der Waals surface area contributed by atoms with Crippen LogP contribution in [-0.4, -0.2) is 29.8 Å². The van der Waals surface area contributed by atoms with Crippen molar-refractivity contribution >= 4 is 17.5 Å². The second-order valence-electron chi connectivity index (χ2n) is 5.26. The molecule has 0 unspecified atom stereocenters. The molecule has 2 rings (SSSR count). The van der Waals surface area contributed by atoms with Crippen molar-refractivity contribution in [3.8, 4) is 5.75 Å². The van der Waals surface area contributed by atoms with E-state index in [1.54, 1.807) is 24.3 Å². The zero-order valence-corrected chi connectivity index (χ0v) is 12.2. The maximum absolute atomic E-state index is 11.7. The average Bonchev–Trinajstić information content (AvgIpc) is 2.84. The summed E-state index contributed by atoms with van der Waals surface area (Å²) in [4.78, 5) is 11.7. The van der Waals surface area contributed by atoms with Crippen LogP contribution in [0.2, 0.25) is 5.02 Å². The highest BCUT2D eigenvalue weighted by atomic mass is 35.5. The predicted molar refractivity (Wildman–Crippen MR) is 78.0 cm³/mol. The molecule has 0 bridgehead atoms. The summed E-state index contributed by atoms with van der Waals surface area (Å²) in [5, 5.41) is 13.5. The van der Waals surface area contributed by atoms with E-state index in [1.807, 2.05) is 0 Å². The van der Waals surface area contributed by atoms with Crippen molar-refractivity contribution in [3.05, 3.63) is 29.3 Å². The Bertz CT molecular complexity index is 458. The monoisotopic (exact) mass is 297 g/mol. The van der Waals surface area contributed by atoms with E-state index in [9.17, 15) is 9.90 Å². The summed E-state index contributed by atoms with van der Waals surface area (Å²) in [6, 6.07) is 7.07. The highest BCUT2D eigenvalue weighted by Crippen LogP contribution is 2.28. The summed E-state index contributed by atoms with van der Waals surface area (Å²) >= 11 is 5.84. The van der Waals surface area contributed by atoms with Crippen LogP contribution in [-0.2, 0) is 4.79 Å². The maximum Gasteiger partial charge on any atom is 0.223 e. The van der Waals surface area contributed by atoms with E-state index in [0.717, 1.165) is 25.7 Å². The van der Waals surface area contributed by atoms with Crippen molar-refractivity contribution in [2.45, 2.75) is 37.7 Å². The van der Waals surface area contributed by atoms with Gasteiger partial charge >= 0.3 is 0 Å². The van der Waals surface area contributed by atoms with Crippen molar-refractivity contribution in [2.75, 3.05) is 13.2 Å². The van der Waals surface area contributed by atoms with E-state index in [1.165, 1.54) is 0 Å². The fraction of sp³-hybridized carbons (Fsp3) is 0.533. The number of hydrogen-bond donors (Lipinski definition) is 2. The summed E-state index contributed by atoms with van der Waals surface area (Å²) in [7, 11) is 0. The molecule has 20 heavy (non-hydrogen) atoms. The molecule has 1 amide bonds. The molecule has 2 N–H and O–H groups in total. The Morgan fingerprint density at radius 3 is 2.85 bits per heavy atom. The van der Waals surface area contributed by atoms with Crippen molar-refractivity contribution in [1.29, 1.82) is 0 Å². The minimum Gasteiger partial charge on any atom is -0.493 e. The molecule has 0 atom stereocenters. The molecule has 0 aliphatic heterocycles. The van der Waals surface area contributed by atoms with Gasteiger partial charge in [0.2, 0.25) is 5.91 Å². The molecule has 110 valence electrons. The van der Waals surface area contributed by atoms with E-state index < -0.39 is 5.60 Å². The minimum absolute atomic E-state index is 0.104. The van der Waals surface area contributed by atoms with Crippen molar-refractivity contribution in [3.63, 3.8) is 0 Å². The predicted octanol–water partition coefficient (Wildman–Crippen LogP) is 2.53. The van der Waals surface area contributed by atoms with Crippen LogP contribution in [0.3, 0.4) is 0 Å². The van der Waals surface area contributed by atoms with Gasteiger partial charge in [0.05, 0.1) is 18.6 Å². The lowest BCUT2D eigenvalue weighted by atomic mass is 10.0. The number of hydrogen-bond acceptors (Lipinski definition) is 3. The fourth-order valence-corrected chi connectivity index (χ4v) is 2.56. The Morgan fingerprint density at radius 1 is 1.40 bits per heavy atom. The van der Waals surface area contributed by atoms with Crippen LogP contribution < -0.4 is 10.1 Å². The minimum atomic E-state index is -0.705. The number of halogens is 1. The molecule has 0 heterocycles. The molecular weight excluding hydrogens is 278 g/mol. The number of nitrogens with one attached hydrogen (secondary N) is 1. The fourth-order valence-electron chi connectivity index (χ4n) is 2.38. The van der Waals surface area contributed by atoms with Crippen LogP contribution in [0.15, 0.2) is 24.3 Å². The van der Waals surface area contributed by atoms with Crippen molar-refractivity contribution in [1.82, 2.24) is 5.32 Å². The quantitative estimate of drug-likeness (QED) is 0.848. The van der Waals surface area contributed by atoms with E-state index in [-0.39, 0.29) is 12.3 Å². The van der Waals surface area contributed by atoms with E-state index in [4.69, 9.17) is 16.3 Å². The largest absolute Gasteiger partial charge is 0.493 e. The van der Waals surface area contributed by atoms with Crippen molar-refractivity contribution < 1.29 is 14.6 Å². The zero-order valence-electron chi connectivity index (χ0n) is 11.4. The number of benzene rings is 1. The van der Waals surface area contributed by atoms with Crippen molar-refractivity contribution in [2.24, 2.45) is 0 Å². The Labute approximate surface area is 124 Å². The summed E-state index contributed by atoms with van der Waals surface area (Å²) < 4.78 is 5.45. The zero-order chi connectivity index (χ0) is 14.4. The van der Waals surface area contributed by atoms with Crippen LogP contribution in [0, 0.1) is 0 Å². The summed E-state index contributed by atoms with van der Waals surface area (Å²) in [6.07, 6.45) is 3.87. The molecular formula is C15H20ClNO3. The van der Waals surface area contributed by atoms with Gasteiger partial charge in [-0.15, -0.1) is 0 Å². The van der Waals surface area contributed by atoms with Gasteiger partial charge in [-0.25, -0.2) is 0 Å². The second kappa shape index (κ2) is 6.95. The Hall–Kier alpha value is -1.26. The summed E-state index contributed by atoms with van der Waals surface area (Å²) in [6.45, 7) is 0.633. The van der Waals surface area contributed by atoms with Gasteiger partial charge in [-0.3, -0.25) is 4.79 Å². The summed E-state index contributed by atoms with van der Waals surface area (Å²) in [5.74, 6) is 0.548. The summed E-state index contributed by atoms with van der Waals surface area (Å²) in [5.41, 5.74) is -0.705. The number of rotatable bonds is 6. The van der Waals surface area contributed by atoms with Crippen LogP contribution in [0.1, 0.15) is 32.1 Å². The van der Waals surface area contributed by atoms with Gasteiger partial charge in [0.25, 0.3) is 0 Å². The van der Waals surface area contributed by atoms with Gasteiger partial charge in [0.15, 0.2) is 0 Å². The molecule has 0 aromatic heterocycles. The standard InChI is InChI=1S/C15H20ClNO3/c16-12-4-3-5-13(10-12)20-9-6-14(18)17-11-15(19)7-1-2-8-15/h3-5,10,19H,1-2,6-9,11H2,(H,17,18). The molecule has 1 aliphatic rings. The maximum atomic E-state index is 11.7. The molecule has 0 spiro atoms. The molecule has 1 saturated carbocycles. The Morgan fingerprint density at radius 2 is 2.15 bits per heavy atom. The second-order valence-corrected chi connectivity index (χ2v) is 5.70. The lowest BCUT2D eigenvalue weighted by molar-refractivity contribution is -0.122. The third kappa shape index (κ3) is 4.69. The third-order valence-corrected chi connectivity index (χ3v) is 3.78. The highest BCUT2D eigenvalue weighted by molar-refractivity contribution is 6.30. The topological polar surface area (TPSA) is 58.6 Å². The first-order chi connectivity index (χ1) is 9.57. The van der Waals surface area contributed by atoms with Crippen LogP contribution in [0.25, 0.3) is 0 Å². The number of ether oxygens (including phenoxy) is 1. The average molecular weight is 298 g/mol.